The molecule has 3 aromatic rings. The first kappa shape index (κ1) is 15.4. The van der Waals surface area contributed by atoms with Gasteiger partial charge in [0, 0.05) is 46.7 Å². The van der Waals surface area contributed by atoms with Crippen molar-refractivity contribution in [3.63, 3.8) is 0 Å². The Bertz CT molecular complexity index is 924. The second-order valence-corrected chi connectivity index (χ2v) is 5.80. The van der Waals surface area contributed by atoms with Gasteiger partial charge in [0.2, 0.25) is 0 Å². The molecule has 0 spiro atoms. The molecule has 0 radical (unpaired) electrons. The predicted molar refractivity (Wildman–Crippen MR) is 93.8 cm³/mol. The van der Waals surface area contributed by atoms with E-state index in [0.29, 0.717) is 16.3 Å². The highest BCUT2D eigenvalue weighted by Gasteiger charge is 2.15. The second kappa shape index (κ2) is 5.94. The van der Waals surface area contributed by atoms with Crippen LogP contribution in [0, 0.1) is 0 Å². The maximum absolute atomic E-state index is 11.3. The summed E-state index contributed by atoms with van der Waals surface area (Å²) in [6.45, 7) is 5.56. The monoisotopic (exact) mass is 325 g/mol. The van der Waals surface area contributed by atoms with Gasteiger partial charge >= 0.3 is 5.97 Å². The number of aryl methyl sites for hydroxylation is 1. The third-order valence-electron chi connectivity index (χ3n) is 3.78. The van der Waals surface area contributed by atoms with Crippen molar-refractivity contribution in [3.8, 4) is 5.75 Å². The summed E-state index contributed by atoms with van der Waals surface area (Å²) < 4.78 is 7.35. The summed E-state index contributed by atoms with van der Waals surface area (Å²) in [5, 5.41) is 1.69. The number of esters is 1. The number of carbonyl (C=O) groups is 1. The highest BCUT2D eigenvalue weighted by molar-refractivity contribution is 6.30. The van der Waals surface area contributed by atoms with Gasteiger partial charge in [0.1, 0.15) is 5.75 Å². The SMILES string of the molecule is C=C(c1cc(Cl)ccc1OC(C)=O)c1cc2ccccc2n1C. The summed E-state index contributed by atoms with van der Waals surface area (Å²) in [4.78, 5) is 11.3. The van der Waals surface area contributed by atoms with Gasteiger partial charge < -0.3 is 9.30 Å². The molecule has 1 aromatic heterocycles. The number of nitrogens with zero attached hydrogens (tertiary/aromatic N) is 1. The maximum atomic E-state index is 11.3. The zero-order valence-corrected chi connectivity index (χ0v) is 13.7. The minimum atomic E-state index is -0.376. The van der Waals surface area contributed by atoms with Gasteiger partial charge in [-0.3, -0.25) is 4.79 Å². The molecule has 0 bridgehead atoms. The van der Waals surface area contributed by atoms with E-state index >= 15 is 0 Å². The van der Waals surface area contributed by atoms with Crippen molar-refractivity contribution in [2.45, 2.75) is 6.92 Å². The predicted octanol–water partition coefficient (Wildman–Crippen LogP) is 4.82. The zero-order valence-electron chi connectivity index (χ0n) is 13.0. The lowest BCUT2D eigenvalue weighted by Gasteiger charge is -2.13. The summed E-state index contributed by atoms with van der Waals surface area (Å²) in [6, 6.07) is 15.3. The van der Waals surface area contributed by atoms with E-state index in [9.17, 15) is 4.79 Å². The number of para-hydroxylation sites is 1. The third kappa shape index (κ3) is 2.88. The Morgan fingerprint density at radius 1 is 1.17 bits per heavy atom. The van der Waals surface area contributed by atoms with E-state index in [0.717, 1.165) is 22.2 Å². The quantitative estimate of drug-likeness (QED) is 0.510. The van der Waals surface area contributed by atoms with Crippen molar-refractivity contribution in [1.82, 2.24) is 4.57 Å². The van der Waals surface area contributed by atoms with Crippen molar-refractivity contribution in [3.05, 3.63) is 71.4 Å². The fourth-order valence-electron chi connectivity index (χ4n) is 2.70. The fraction of sp³-hybridized carbons (Fsp3) is 0.105. The Kier molecular flexibility index (Phi) is 3.97. The Morgan fingerprint density at radius 3 is 2.61 bits per heavy atom. The molecule has 116 valence electrons. The fourth-order valence-corrected chi connectivity index (χ4v) is 2.87. The molecule has 4 heteroatoms. The highest BCUT2D eigenvalue weighted by Crippen LogP contribution is 2.34. The van der Waals surface area contributed by atoms with Gasteiger partial charge in [-0.05, 0) is 30.3 Å². The molecule has 0 fully saturated rings. The Labute approximate surface area is 139 Å². The number of rotatable bonds is 3. The van der Waals surface area contributed by atoms with Crippen LogP contribution in [0.5, 0.6) is 5.75 Å². The lowest BCUT2D eigenvalue weighted by atomic mass is 10.0. The van der Waals surface area contributed by atoms with Gasteiger partial charge in [0.15, 0.2) is 0 Å². The molecule has 0 unspecified atom stereocenters. The van der Waals surface area contributed by atoms with Gasteiger partial charge in [-0.2, -0.15) is 0 Å². The summed E-state index contributed by atoms with van der Waals surface area (Å²) in [7, 11) is 1.99. The van der Waals surface area contributed by atoms with E-state index in [2.05, 4.69) is 29.3 Å². The summed E-state index contributed by atoms with van der Waals surface area (Å²) in [5.41, 5.74) is 3.52. The molecule has 0 N–H and O–H groups in total. The lowest BCUT2D eigenvalue weighted by molar-refractivity contribution is -0.131. The summed E-state index contributed by atoms with van der Waals surface area (Å²) in [6.07, 6.45) is 0. The van der Waals surface area contributed by atoms with Crippen LogP contribution in [0.15, 0.2) is 55.1 Å². The number of ether oxygens (including phenoxy) is 1. The molecular formula is C19H16ClNO2. The minimum absolute atomic E-state index is 0.376. The molecule has 3 rings (SSSR count). The smallest absolute Gasteiger partial charge is 0.308 e. The van der Waals surface area contributed by atoms with Gasteiger partial charge in [-0.25, -0.2) is 0 Å². The van der Waals surface area contributed by atoms with Crippen LogP contribution in [0.3, 0.4) is 0 Å². The lowest BCUT2D eigenvalue weighted by Crippen LogP contribution is -2.05. The van der Waals surface area contributed by atoms with Crippen LogP contribution in [-0.2, 0) is 11.8 Å². The molecule has 0 aliphatic heterocycles. The standard InChI is InChI=1S/C19H16ClNO2/c1-12(16-11-15(20)8-9-19(16)23-13(2)22)18-10-14-6-4-5-7-17(14)21(18)3/h4-11H,1H2,2-3H3. The van der Waals surface area contributed by atoms with Crippen LogP contribution in [0.25, 0.3) is 16.5 Å². The number of aromatic nitrogens is 1. The van der Waals surface area contributed by atoms with Crippen LogP contribution in [-0.4, -0.2) is 10.5 Å². The molecule has 0 saturated heterocycles. The van der Waals surface area contributed by atoms with E-state index in [4.69, 9.17) is 16.3 Å². The van der Waals surface area contributed by atoms with Crippen LogP contribution < -0.4 is 4.74 Å². The normalized spacial score (nSPS) is 10.7. The first-order valence-electron chi connectivity index (χ1n) is 7.19. The van der Waals surface area contributed by atoms with Crippen LogP contribution in [0.4, 0.5) is 0 Å². The molecule has 1 heterocycles. The minimum Gasteiger partial charge on any atom is -0.426 e. The van der Waals surface area contributed by atoms with Gasteiger partial charge in [-0.1, -0.05) is 36.4 Å². The van der Waals surface area contributed by atoms with Crippen LogP contribution in [0.1, 0.15) is 18.2 Å². The van der Waals surface area contributed by atoms with Crippen LogP contribution >= 0.6 is 11.6 Å². The Morgan fingerprint density at radius 2 is 1.91 bits per heavy atom. The van der Waals surface area contributed by atoms with E-state index < -0.39 is 0 Å². The second-order valence-electron chi connectivity index (χ2n) is 5.36. The zero-order chi connectivity index (χ0) is 16.6. The molecule has 3 nitrogen and oxygen atoms in total. The largest absolute Gasteiger partial charge is 0.426 e. The summed E-state index contributed by atoms with van der Waals surface area (Å²) in [5.74, 6) is 0.0792. The number of fused-ring (bicyclic) bond motifs is 1. The van der Waals surface area contributed by atoms with Gasteiger partial charge in [-0.15, -0.1) is 0 Å². The van der Waals surface area contributed by atoms with Gasteiger partial charge in [0.05, 0.1) is 0 Å². The molecule has 0 aliphatic rings. The van der Waals surface area contributed by atoms with Gasteiger partial charge in [0.25, 0.3) is 0 Å². The average Bonchev–Trinajstić information content (AvgIpc) is 2.85. The molecule has 2 aromatic carbocycles. The highest BCUT2D eigenvalue weighted by atomic mass is 35.5. The number of benzene rings is 2. The van der Waals surface area contributed by atoms with Crippen molar-refractivity contribution < 1.29 is 9.53 Å². The maximum Gasteiger partial charge on any atom is 0.308 e. The first-order valence-corrected chi connectivity index (χ1v) is 7.57. The Balaban J connectivity index is 2.13. The number of halogens is 1. The molecule has 0 saturated carbocycles. The van der Waals surface area contributed by atoms with Crippen molar-refractivity contribution >= 4 is 34.0 Å². The Hall–Kier alpha value is -2.52. The number of carbonyl (C=O) groups excluding carboxylic acids is 1. The van der Waals surface area contributed by atoms with E-state index in [-0.39, 0.29) is 5.97 Å². The molecule has 0 amide bonds. The van der Waals surface area contributed by atoms with E-state index in [1.807, 2.05) is 19.2 Å². The first-order chi connectivity index (χ1) is 11.0. The van der Waals surface area contributed by atoms with Crippen LogP contribution in [0.2, 0.25) is 5.02 Å². The van der Waals surface area contributed by atoms with Crippen molar-refractivity contribution in [2.24, 2.45) is 7.05 Å². The molecule has 23 heavy (non-hydrogen) atoms. The van der Waals surface area contributed by atoms with E-state index in [1.54, 1.807) is 18.2 Å². The topological polar surface area (TPSA) is 31.2 Å². The van der Waals surface area contributed by atoms with Crippen molar-refractivity contribution in [2.75, 3.05) is 0 Å². The molecular weight excluding hydrogens is 310 g/mol. The number of hydrogen-bond acceptors (Lipinski definition) is 2. The van der Waals surface area contributed by atoms with E-state index in [1.165, 1.54) is 6.92 Å². The number of hydrogen-bond donors (Lipinski definition) is 0. The van der Waals surface area contributed by atoms with Crippen molar-refractivity contribution in [1.29, 1.82) is 0 Å². The molecule has 0 aliphatic carbocycles. The third-order valence-corrected chi connectivity index (χ3v) is 4.02. The molecule has 0 atom stereocenters. The average molecular weight is 326 g/mol. The summed E-state index contributed by atoms with van der Waals surface area (Å²) >= 11 is 6.12.